The van der Waals surface area contributed by atoms with Gasteiger partial charge in [0.25, 0.3) is 0 Å². The maximum atomic E-state index is 10.5. The topological polar surface area (TPSA) is 86.6 Å². The molecule has 2 bridgehead atoms. The van der Waals surface area contributed by atoms with Crippen molar-refractivity contribution in [2.45, 2.75) is 56.1 Å². The van der Waals surface area contributed by atoms with Crippen molar-refractivity contribution >= 4 is 39.2 Å². The van der Waals surface area contributed by atoms with Crippen molar-refractivity contribution in [2.75, 3.05) is 37.7 Å². The summed E-state index contributed by atoms with van der Waals surface area (Å²) in [7, 11) is 0. The van der Waals surface area contributed by atoms with Gasteiger partial charge in [-0.2, -0.15) is 9.97 Å². The Kier molecular flexibility index (Phi) is 5.80. The highest BCUT2D eigenvalue weighted by Gasteiger charge is 2.45. The lowest BCUT2D eigenvalue weighted by molar-refractivity contribution is 0.108. The minimum atomic E-state index is 0.115. The molecule has 2 atom stereocenters. The van der Waals surface area contributed by atoms with Gasteiger partial charge in [-0.3, -0.25) is 9.88 Å². The van der Waals surface area contributed by atoms with E-state index in [0.717, 1.165) is 64.9 Å². The van der Waals surface area contributed by atoms with Gasteiger partial charge in [-0.05, 0) is 86.8 Å². The third-order valence-electron chi connectivity index (χ3n) is 9.52. The molecule has 4 aliphatic heterocycles. The Morgan fingerprint density at radius 2 is 1.85 bits per heavy atom. The molecule has 2 aromatic carbocycles. The fourth-order valence-electron chi connectivity index (χ4n) is 7.64. The maximum Gasteiger partial charge on any atom is 0.319 e. The minimum absolute atomic E-state index is 0.115. The van der Waals surface area contributed by atoms with Crippen LogP contribution in [-0.2, 0) is 0 Å². The number of ether oxygens (including phenoxy) is 1. The number of halogens is 1. The molecule has 206 valence electrons. The van der Waals surface area contributed by atoms with Crippen molar-refractivity contribution in [3.05, 3.63) is 47.6 Å². The van der Waals surface area contributed by atoms with E-state index >= 15 is 0 Å². The Labute approximate surface area is 238 Å². The maximum absolute atomic E-state index is 10.5. The van der Waals surface area contributed by atoms with E-state index in [2.05, 4.69) is 15.1 Å². The first kappa shape index (κ1) is 24.6. The van der Waals surface area contributed by atoms with Gasteiger partial charge in [0.1, 0.15) is 17.9 Å². The number of hydrogen-bond acceptors (Lipinski definition) is 8. The Bertz CT molecular complexity index is 1610. The Morgan fingerprint density at radius 1 is 1.05 bits per heavy atom. The molecule has 0 saturated carbocycles. The number of phenols is 1. The number of piperazine rings is 1. The molecule has 6 heterocycles. The largest absolute Gasteiger partial charge is 0.508 e. The molecule has 0 amide bonds. The number of phenolic OH excluding ortho intramolecular Hbond substituents is 1. The molecule has 2 N–H and O–H groups in total. The summed E-state index contributed by atoms with van der Waals surface area (Å²) in [6, 6.07) is 12.6. The summed E-state index contributed by atoms with van der Waals surface area (Å²) in [5.41, 5.74) is 3.29. The number of fused-ring (bicyclic) bond motifs is 5. The number of benzene rings is 2. The molecule has 8 rings (SSSR count). The quantitative estimate of drug-likeness (QED) is 0.349. The molecule has 2 unspecified atom stereocenters. The summed E-state index contributed by atoms with van der Waals surface area (Å²) >= 11 is 6.65. The summed E-state index contributed by atoms with van der Waals surface area (Å²) in [6.45, 7) is 4.73. The van der Waals surface area contributed by atoms with E-state index in [1.54, 1.807) is 12.1 Å². The van der Waals surface area contributed by atoms with Crippen LogP contribution in [0.4, 0.5) is 5.82 Å². The first-order chi connectivity index (χ1) is 19.5. The van der Waals surface area contributed by atoms with Crippen LogP contribution in [0.5, 0.6) is 11.8 Å². The Morgan fingerprint density at radius 3 is 2.65 bits per heavy atom. The fraction of sp³-hybridized carbons (Fsp3) is 0.452. The van der Waals surface area contributed by atoms with Crippen molar-refractivity contribution in [3.63, 3.8) is 0 Å². The van der Waals surface area contributed by atoms with Crippen LogP contribution in [-0.4, -0.2) is 75.4 Å². The molecule has 2 aromatic heterocycles. The van der Waals surface area contributed by atoms with Crippen LogP contribution in [0.15, 0.2) is 42.6 Å². The smallest absolute Gasteiger partial charge is 0.319 e. The standard InChI is InChI=1S/C31H33ClN6O2/c32-25-5-1-4-19-12-23(39)14-24(27(19)25)20-13-26-28(33-15-20)29(37-16-21-6-7-22(17-37)34-21)36-30(35-26)40-18-31-8-2-10-38(31)11-3-9-31/h1,4-5,12-15,21-22,34,39H,2-3,6-11,16-18H2. The number of rotatable bonds is 5. The van der Waals surface area contributed by atoms with Crippen LogP contribution in [0.2, 0.25) is 5.02 Å². The molecule has 4 fully saturated rings. The molecular formula is C31H33ClN6O2. The van der Waals surface area contributed by atoms with Crippen LogP contribution in [0.1, 0.15) is 38.5 Å². The molecule has 8 nitrogen and oxygen atoms in total. The van der Waals surface area contributed by atoms with Gasteiger partial charge < -0.3 is 20.1 Å². The highest BCUT2D eigenvalue weighted by molar-refractivity contribution is 6.36. The van der Waals surface area contributed by atoms with Gasteiger partial charge in [0, 0.05) is 47.3 Å². The van der Waals surface area contributed by atoms with Gasteiger partial charge in [0.2, 0.25) is 0 Å². The van der Waals surface area contributed by atoms with Crippen LogP contribution in [0.25, 0.3) is 32.9 Å². The lowest BCUT2D eigenvalue weighted by atomic mass is 9.95. The second-order valence-electron chi connectivity index (χ2n) is 12.0. The summed E-state index contributed by atoms with van der Waals surface area (Å²) in [4.78, 5) is 19.8. The van der Waals surface area contributed by atoms with Crippen molar-refractivity contribution < 1.29 is 9.84 Å². The SMILES string of the molecule is Oc1cc(-c2cnc3c(N4CC5CCC(C4)N5)nc(OCC45CCCN4CCC5)nc3c2)c2c(Cl)cccc2c1. The highest BCUT2D eigenvalue weighted by atomic mass is 35.5. The van der Waals surface area contributed by atoms with Crippen molar-refractivity contribution in [2.24, 2.45) is 0 Å². The zero-order chi connectivity index (χ0) is 26.8. The molecule has 4 saturated heterocycles. The van der Waals surface area contributed by atoms with Gasteiger partial charge in [-0.25, -0.2) is 0 Å². The van der Waals surface area contributed by atoms with E-state index < -0.39 is 0 Å². The number of hydrogen-bond donors (Lipinski definition) is 2. The van der Waals surface area contributed by atoms with Crippen LogP contribution >= 0.6 is 11.6 Å². The number of aromatic hydroxyl groups is 1. The normalized spacial score (nSPS) is 23.8. The van der Waals surface area contributed by atoms with Crippen LogP contribution in [0.3, 0.4) is 0 Å². The van der Waals surface area contributed by atoms with Gasteiger partial charge in [0.05, 0.1) is 11.1 Å². The molecule has 0 spiro atoms. The average Bonchev–Trinajstić information content (AvgIpc) is 3.64. The van der Waals surface area contributed by atoms with Crippen molar-refractivity contribution in [1.29, 1.82) is 0 Å². The van der Waals surface area contributed by atoms with E-state index in [4.69, 9.17) is 31.3 Å². The van der Waals surface area contributed by atoms with E-state index in [0.29, 0.717) is 29.7 Å². The fourth-order valence-corrected chi connectivity index (χ4v) is 7.92. The molecular weight excluding hydrogens is 524 g/mol. The molecule has 4 aliphatic rings. The molecule has 9 heteroatoms. The number of nitrogens with zero attached hydrogens (tertiary/aromatic N) is 5. The zero-order valence-electron chi connectivity index (χ0n) is 22.4. The summed E-state index contributed by atoms with van der Waals surface area (Å²) < 4.78 is 6.46. The predicted molar refractivity (Wildman–Crippen MR) is 157 cm³/mol. The zero-order valence-corrected chi connectivity index (χ0v) is 23.2. The lowest BCUT2D eigenvalue weighted by Crippen LogP contribution is -2.51. The highest BCUT2D eigenvalue weighted by Crippen LogP contribution is 2.40. The monoisotopic (exact) mass is 556 g/mol. The summed E-state index contributed by atoms with van der Waals surface area (Å²) in [5, 5.41) is 16.6. The molecule has 4 aromatic rings. The Hall–Kier alpha value is -3.20. The minimum Gasteiger partial charge on any atom is -0.508 e. The first-order valence-electron chi connectivity index (χ1n) is 14.5. The lowest BCUT2D eigenvalue weighted by Gasteiger charge is -2.34. The van der Waals surface area contributed by atoms with Crippen molar-refractivity contribution in [3.8, 4) is 22.9 Å². The van der Waals surface area contributed by atoms with E-state index in [9.17, 15) is 5.11 Å². The van der Waals surface area contributed by atoms with Crippen LogP contribution < -0.4 is 15.0 Å². The number of aromatic nitrogens is 3. The molecule has 0 radical (unpaired) electrons. The number of pyridine rings is 1. The molecule has 0 aliphatic carbocycles. The average molecular weight is 557 g/mol. The summed E-state index contributed by atoms with van der Waals surface area (Å²) in [6.07, 6.45) is 9.02. The Balaban J connectivity index is 1.23. The van der Waals surface area contributed by atoms with E-state index in [1.807, 2.05) is 30.5 Å². The summed E-state index contributed by atoms with van der Waals surface area (Å²) in [5.74, 6) is 1.03. The van der Waals surface area contributed by atoms with Crippen molar-refractivity contribution in [1.82, 2.24) is 25.2 Å². The third kappa shape index (κ3) is 4.07. The second kappa shape index (κ2) is 9.43. The van der Waals surface area contributed by atoms with E-state index in [-0.39, 0.29) is 11.3 Å². The van der Waals surface area contributed by atoms with Gasteiger partial charge in [-0.15, -0.1) is 0 Å². The van der Waals surface area contributed by atoms with Gasteiger partial charge in [0.15, 0.2) is 5.82 Å². The second-order valence-corrected chi connectivity index (χ2v) is 12.4. The molecule has 40 heavy (non-hydrogen) atoms. The number of nitrogens with one attached hydrogen (secondary N) is 1. The first-order valence-corrected chi connectivity index (χ1v) is 14.9. The van der Waals surface area contributed by atoms with E-state index in [1.165, 1.54) is 38.5 Å². The van der Waals surface area contributed by atoms with Gasteiger partial charge in [-0.1, -0.05) is 23.7 Å². The predicted octanol–water partition coefficient (Wildman–Crippen LogP) is 5.15. The van der Waals surface area contributed by atoms with Crippen LogP contribution in [0, 0.1) is 0 Å². The van der Waals surface area contributed by atoms with Gasteiger partial charge >= 0.3 is 6.01 Å². The third-order valence-corrected chi connectivity index (χ3v) is 9.83. The number of anilines is 1.